The molecule has 0 bridgehead atoms. The van der Waals surface area contributed by atoms with Crippen molar-refractivity contribution in [3.05, 3.63) is 35.6 Å². The van der Waals surface area contributed by atoms with Gasteiger partial charge in [0.2, 0.25) is 5.91 Å². The van der Waals surface area contributed by atoms with E-state index < -0.39 is 29.8 Å². The summed E-state index contributed by atoms with van der Waals surface area (Å²) in [5.74, 6) is -2.18. The van der Waals surface area contributed by atoms with Crippen molar-refractivity contribution in [3.63, 3.8) is 0 Å². The van der Waals surface area contributed by atoms with E-state index in [1.807, 2.05) is 6.92 Å². The molecular weight excluding hydrogens is 287 g/mol. The maximum atomic E-state index is 12.8. The first kappa shape index (κ1) is 18.3. The van der Waals surface area contributed by atoms with Crippen molar-refractivity contribution < 1.29 is 19.1 Å². The van der Waals surface area contributed by atoms with Gasteiger partial charge in [-0.05, 0) is 24.1 Å². The number of amides is 1. The van der Waals surface area contributed by atoms with Crippen molar-refractivity contribution in [2.24, 2.45) is 5.73 Å². The topological polar surface area (TPSA) is 92.4 Å². The van der Waals surface area contributed by atoms with Gasteiger partial charge in [0.15, 0.2) is 0 Å². The van der Waals surface area contributed by atoms with E-state index in [1.165, 1.54) is 24.3 Å². The zero-order chi connectivity index (χ0) is 14.4. The number of hydrogen-bond donors (Lipinski definition) is 3. The van der Waals surface area contributed by atoms with Gasteiger partial charge in [-0.2, -0.15) is 0 Å². The number of hydrogen-bond acceptors (Lipinski definition) is 3. The largest absolute Gasteiger partial charge is 0.480 e. The number of aliphatic carboxylic acids is 1. The van der Waals surface area contributed by atoms with Crippen LogP contribution in [0.1, 0.15) is 31.4 Å². The second kappa shape index (κ2) is 8.50. The molecule has 0 saturated heterocycles. The molecule has 112 valence electrons. The number of primary amides is 1. The predicted molar refractivity (Wildman–Crippen MR) is 75.1 cm³/mol. The average molecular weight is 305 g/mol. The fourth-order valence-electron chi connectivity index (χ4n) is 1.77. The smallest absolute Gasteiger partial charge is 0.320 e. The lowest BCUT2D eigenvalue weighted by Gasteiger charge is -2.21. The van der Waals surface area contributed by atoms with Crippen molar-refractivity contribution >= 4 is 24.3 Å². The van der Waals surface area contributed by atoms with Crippen molar-refractivity contribution in [1.29, 1.82) is 0 Å². The van der Waals surface area contributed by atoms with Crippen LogP contribution in [0.2, 0.25) is 0 Å². The van der Waals surface area contributed by atoms with Crippen LogP contribution in [0.15, 0.2) is 24.3 Å². The number of nitrogens with two attached hydrogens (primary N) is 1. The molecule has 0 aromatic heterocycles. The van der Waals surface area contributed by atoms with Gasteiger partial charge in [0.05, 0.1) is 0 Å². The summed E-state index contributed by atoms with van der Waals surface area (Å²) in [6, 6.07) is 3.39. The van der Waals surface area contributed by atoms with Gasteiger partial charge in [0.1, 0.15) is 17.9 Å². The van der Waals surface area contributed by atoms with Gasteiger partial charge in [-0.1, -0.05) is 25.5 Å². The van der Waals surface area contributed by atoms with Gasteiger partial charge in [-0.15, -0.1) is 12.4 Å². The molecule has 0 fully saturated rings. The second-order valence-corrected chi connectivity index (χ2v) is 4.23. The highest BCUT2D eigenvalue weighted by Gasteiger charge is 2.25. The highest BCUT2D eigenvalue weighted by Crippen LogP contribution is 2.15. The Morgan fingerprint density at radius 3 is 2.30 bits per heavy atom. The third-order valence-electron chi connectivity index (χ3n) is 2.73. The molecule has 0 spiro atoms. The normalized spacial score (nSPS) is 13.1. The highest BCUT2D eigenvalue weighted by atomic mass is 35.5. The van der Waals surface area contributed by atoms with Crippen molar-refractivity contribution in [3.8, 4) is 0 Å². The molecule has 0 aliphatic heterocycles. The number of rotatable bonds is 7. The summed E-state index contributed by atoms with van der Waals surface area (Å²) in [4.78, 5) is 22.5. The molecule has 0 aliphatic carbocycles. The molecule has 2 atom stereocenters. The lowest BCUT2D eigenvalue weighted by molar-refractivity contribution is -0.140. The molecule has 20 heavy (non-hydrogen) atoms. The van der Waals surface area contributed by atoms with Gasteiger partial charge < -0.3 is 10.8 Å². The van der Waals surface area contributed by atoms with Gasteiger partial charge >= 0.3 is 5.97 Å². The second-order valence-electron chi connectivity index (χ2n) is 4.23. The quantitative estimate of drug-likeness (QED) is 0.713. The maximum Gasteiger partial charge on any atom is 0.320 e. The number of carbonyl (C=O) groups excluding carboxylic acids is 1. The molecule has 7 heteroatoms. The SMILES string of the molecule is CCCC(NC(C(N)=O)c1ccc(F)cc1)C(=O)O.Cl. The van der Waals surface area contributed by atoms with Crippen LogP contribution in [0.4, 0.5) is 4.39 Å². The fraction of sp³-hybridized carbons (Fsp3) is 0.385. The Labute approximate surface area is 122 Å². The lowest BCUT2D eigenvalue weighted by Crippen LogP contribution is -2.44. The summed E-state index contributed by atoms with van der Waals surface area (Å²) >= 11 is 0. The van der Waals surface area contributed by atoms with Gasteiger partial charge in [-0.3, -0.25) is 14.9 Å². The van der Waals surface area contributed by atoms with Crippen LogP contribution >= 0.6 is 12.4 Å². The lowest BCUT2D eigenvalue weighted by atomic mass is 10.0. The van der Waals surface area contributed by atoms with Crippen molar-refractivity contribution in [1.82, 2.24) is 5.32 Å². The summed E-state index contributed by atoms with van der Waals surface area (Å²) < 4.78 is 12.8. The number of carboxylic acid groups (broad SMARTS) is 1. The molecule has 0 aliphatic rings. The monoisotopic (exact) mass is 304 g/mol. The standard InChI is InChI=1S/C13H17FN2O3.ClH/c1-2-3-10(13(18)19)16-11(12(15)17)8-4-6-9(14)7-5-8;/h4-7,10-11,16H,2-3H2,1H3,(H2,15,17)(H,18,19);1H. The number of benzene rings is 1. The van der Waals surface area contributed by atoms with Gasteiger partial charge in [0, 0.05) is 0 Å². The minimum Gasteiger partial charge on any atom is -0.480 e. The minimum absolute atomic E-state index is 0. The Kier molecular flexibility index (Phi) is 7.79. The van der Waals surface area contributed by atoms with Crippen LogP contribution < -0.4 is 11.1 Å². The number of halogens is 2. The molecule has 0 saturated carbocycles. The Bertz CT molecular complexity index is 453. The minimum atomic E-state index is -1.05. The van der Waals surface area contributed by atoms with Gasteiger partial charge in [0.25, 0.3) is 0 Å². The first-order valence-corrected chi connectivity index (χ1v) is 5.99. The molecule has 1 aromatic carbocycles. The van der Waals surface area contributed by atoms with E-state index in [2.05, 4.69) is 5.32 Å². The number of carboxylic acids is 1. The molecule has 1 amide bonds. The molecule has 1 aromatic rings. The van der Waals surface area contributed by atoms with E-state index in [0.717, 1.165) is 0 Å². The number of carbonyl (C=O) groups is 2. The van der Waals surface area contributed by atoms with E-state index >= 15 is 0 Å². The molecule has 4 N–H and O–H groups in total. The third-order valence-corrected chi connectivity index (χ3v) is 2.73. The summed E-state index contributed by atoms with van der Waals surface area (Å²) in [5, 5.41) is 11.7. The Hall–Kier alpha value is -1.66. The number of nitrogens with one attached hydrogen (secondary N) is 1. The summed E-state index contributed by atoms with van der Waals surface area (Å²) in [6.45, 7) is 1.84. The van der Waals surface area contributed by atoms with E-state index in [0.29, 0.717) is 18.4 Å². The first-order valence-electron chi connectivity index (χ1n) is 5.99. The molecule has 2 unspecified atom stereocenters. The Balaban J connectivity index is 0.00000361. The zero-order valence-corrected chi connectivity index (χ0v) is 11.8. The molecule has 0 heterocycles. The predicted octanol–water partition coefficient (Wildman–Crippen LogP) is 1.62. The Morgan fingerprint density at radius 1 is 1.35 bits per heavy atom. The molecule has 5 nitrogen and oxygen atoms in total. The molecule has 0 radical (unpaired) electrons. The molecule has 1 rings (SSSR count). The highest BCUT2D eigenvalue weighted by molar-refractivity contribution is 5.85. The van der Waals surface area contributed by atoms with Crippen LogP contribution in [0.3, 0.4) is 0 Å². The van der Waals surface area contributed by atoms with Crippen LogP contribution in [0, 0.1) is 5.82 Å². The summed E-state index contributed by atoms with van der Waals surface area (Å²) in [7, 11) is 0. The maximum absolute atomic E-state index is 12.8. The van der Waals surface area contributed by atoms with Crippen LogP contribution in [0.5, 0.6) is 0 Å². The van der Waals surface area contributed by atoms with Crippen molar-refractivity contribution in [2.45, 2.75) is 31.8 Å². The first-order chi connectivity index (χ1) is 8.95. The van der Waals surface area contributed by atoms with E-state index in [1.54, 1.807) is 0 Å². The van der Waals surface area contributed by atoms with E-state index in [-0.39, 0.29) is 12.4 Å². The van der Waals surface area contributed by atoms with E-state index in [4.69, 9.17) is 10.8 Å². The average Bonchev–Trinajstić information content (AvgIpc) is 2.35. The summed E-state index contributed by atoms with van der Waals surface area (Å²) in [5.41, 5.74) is 5.70. The zero-order valence-electron chi connectivity index (χ0n) is 11.0. The van der Waals surface area contributed by atoms with Crippen LogP contribution in [0.25, 0.3) is 0 Å². The van der Waals surface area contributed by atoms with Crippen LogP contribution in [-0.4, -0.2) is 23.0 Å². The third kappa shape index (κ3) is 5.14. The van der Waals surface area contributed by atoms with Crippen molar-refractivity contribution in [2.75, 3.05) is 0 Å². The molecular formula is C13H18ClFN2O3. The van der Waals surface area contributed by atoms with E-state index in [9.17, 15) is 14.0 Å². The van der Waals surface area contributed by atoms with Gasteiger partial charge in [-0.25, -0.2) is 4.39 Å². The Morgan fingerprint density at radius 2 is 1.90 bits per heavy atom. The van der Waals surface area contributed by atoms with Crippen LogP contribution in [-0.2, 0) is 9.59 Å². The summed E-state index contributed by atoms with van der Waals surface area (Å²) in [6.07, 6.45) is 1.03. The fourth-order valence-corrected chi connectivity index (χ4v) is 1.77.